The SMILES string of the molecule is CC1CCN(CC(=O)N2CCN(S(=O)(=O)c3ccc(F)cc3)CC2)CC1. The summed E-state index contributed by atoms with van der Waals surface area (Å²) in [5, 5.41) is 0. The molecular formula is C18H26FN3O3S. The monoisotopic (exact) mass is 383 g/mol. The van der Waals surface area contributed by atoms with Crippen LogP contribution in [0.25, 0.3) is 0 Å². The topological polar surface area (TPSA) is 60.9 Å². The molecule has 0 atom stereocenters. The molecule has 1 aromatic carbocycles. The first-order chi connectivity index (χ1) is 12.4. The molecule has 8 heteroatoms. The molecule has 144 valence electrons. The van der Waals surface area contributed by atoms with Gasteiger partial charge in [0.05, 0.1) is 11.4 Å². The van der Waals surface area contributed by atoms with Crippen molar-refractivity contribution in [2.45, 2.75) is 24.7 Å². The van der Waals surface area contributed by atoms with E-state index in [9.17, 15) is 17.6 Å². The van der Waals surface area contributed by atoms with Crippen LogP contribution in [0.5, 0.6) is 0 Å². The molecule has 1 aromatic rings. The van der Waals surface area contributed by atoms with Gasteiger partial charge in [0, 0.05) is 26.2 Å². The molecule has 2 aliphatic rings. The van der Waals surface area contributed by atoms with Crippen LogP contribution in [0.1, 0.15) is 19.8 Å². The fourth-order valence-corrected chi connectivity index (χ4v) is 4.87. The number of carbonyl (C=O) groups is 1. The number of piperazine rings is 1. The van der Waals surface area contributed by atoms with Gasteiger partial charge in [-0.3, -0.25) is 9.69 Å². The molecule has 0 bridgehead atoms. The maximum absolute atomic E-state index is 13.0. The van der Waals surface area contributed by atoms with E-state index in [1.165, 1.54) is 16.4 Å². The lowest BCUT2D eigenvalue weighted by Gasteiger charge is -2.36. The number of hydrogen-bond donors (Lipinski definition) is 0. The third kappa shape index (κ3) is 4.42. The molecule has 0 unspecified atom stereocenters. The van der Waals surface area contributed by atoms with Gasteiger partial charge in [0.25, 0.3) is 0 Å². The Bertz CT molecular complexity index is 723. The summed E-state index contributed by atoms with van der Waals surface area (Å²) >= 11 is 0. The van der Waals surface area contributed by atoms with Gasteiger partial charge in [0.1, 0.15) is 5.82 Å². The van der Waals surface area contributed by atoms with Crippen molar-refractivity contribution in [2.75, 3.05) is 45.8 Å². The highest BCUT2D eigenvalue weighted by atomic mass is 32.2. The summed E-state index contributed by atoms with van der Waals surface area (Å²) in [4.78, 5) is 16.5. The van der Waals surface area contributed by atoms with Crippen LogP contribution < -0.4 is 0 Å². The summed E-state index contributed by atoms with van der Waals surface area (Å²) in [6.45, 7) is 5.87. The zero-order valence-corrected chi connectivity index (χ0v) is 15.9. The van der Waals surface area contributed by atoms with Crippen molar-refractivity contribution in [2.24, 2.45) is 5.92 Å². The molecule has 0 saturated carbocycles. The number of rotatable bonds is 4. The number of amides is 1. The van der Waals surface area contributed by atoms with E-state index in [1.54, 1.807) is 4.90 Å². The molecule has 0 aromatic heterocycles. The van der Waals surface area contributed by atoms with Crippen molar-refractivity contribution in [3.05, 3.63) is 30.1 Å². The van der Waals surface area contributed by atoms with Crippen LogP contribution in [0.4, 0.5) is 4.39 Å². The molecule has 1 amide bonds. The van der Waals surface area contributed by atoms with E-state index in [1.807, 2.05) is 0 Å². The van der Waals surface area contributed by atoms with Crippen LogP contribution in [0.3, 0.4) is 0 Å². The number of sulfonamides is 1. The second-order valence-electron chi connectivity index (χ2n) is 7.20. The molecule has 0 spiro atoms. The van der Waals surface area contributed by atoms with Crippen LogP contribution in [0, 0.1) is 11.7 Å². The smallest absolute Gasteiger partial charge is 0.243 e. The number of nitrogens with zero attached hydrogens (tertiary/aromatic N) is 3. The molecule has 0 aliphatic carbocycles. The third-order valence-corrected chi connectivity index (χ3v) is 7.19. The standard InChI is InChI=1S/C18H26FN3O3S/c1-15-6-8-20(9-7-15)14-18(23)21-10-12-22(13-11-21)26(24,25)17-4-2-16(19)3-5-17/h2-5,15H,6-14H2,1H3. The summed E-state index contributed by atoms with van der Waals surface area (Å²) in [6.07, 6.45) is 2.24. The van der Waals surface area contributed by atoms with E-state index in [4.69, 9.17) is 0 Å². The number of carbonyl (C=O) groups excluding carboxylic acids is 1. The molecular weight excluding hydrogens is 357 g/mol. The zero-order chi connectivity index (χ0) is 18.7. The van der Waals surface area contributed by atoms with Gasteiger partial charge in [-0.15, -0.1) is 0 Å². The summed E-state index contributed by atoms with van der Waals surface area (Å²) in [7, 11) is -3.64. The quantitative estimate of drug-likeness (QED) is 0.788. The van der Waals surface area contributed by atoms with Gasteiger partial charge in [-0.2, -0.15) is 4.31 Å². The first kappa shape index (κ1) is 19.3. The van der Waals surface area contributed by atoms with Crippen molar-refractivity contribution in [3.8, 4) is 0 Å². The number of halogens is 1. The van der Waals surface area contributed by atoms with Crippen molar-refractivity contribution in [1.29, 1.82) is 0 Å². The van der Waals surface area contributed by atoms with E-state index in [0.717, 1.165) is 44.0 Å². The molecule has 2 aliphatic heterocycles. The molecule has 3 rings (SSSR count). The molecule has 2 fully saturated rings. The minimum absolute atomic E-state index is 0.0679. The van der Waals surface area contributed by atoms with Gasteiger partial charge < -0.3 is 4.90 Å². The van der Waals surface area contributed by atoms with E-state index in [2.05, 4.69) is 11.8 Å². The molecule has 2 saturated heterocycles. The summed E-state index contributed by atoms with van der Waals surface area (Å²) in [6, 6.07) is 4.84. The lowest BCUT2D eigenvalue weighted by Crippen LogP contribution is -2.53. The van der Waals surface area contributed by atoms with Crippen LogP contribution in [-0.2, 0) is 14.8 Å². The summed E-state index contributed by atoms with van der Waals surface area (Å²) in [5.74, 6) is 0.325. The van der Waals surface area contributed by atoms with Crippen molar-refractivity contribution in [1.82, 2.24) is 14.1 Å². The van der Waals surface area contributed by atoms with Crippen molar-refractivity contribution in [3.63, 3.8) is 0 Å². The van der Waals surface area contributed by atoms with E-state index in [0.29, 0.717) is 19.6 Å². The Morgan fingerprint density at radius 3 is 2.19 bits per heavy atom. The maximum atomic E-state index is 13.0. The predicted octanol–water partition coefficient (Wildman–Crippen LogP) is 1.39. The highest BCUT2D eigenvalue weighted by Gasteiger charge is 2.30. The highest BCUT2D eigenvalue weighted by molar-refractivity contribution is 7.89. The van der Waals surface area contributed by atoms with Crippen LogP contribution in [0.15, 0.2) is 29.2 Å². The second kappa shape index (κ2) is 8.02. The Morgan fingerprint density at radius 1 is 1.04 bits per heavy atom. The van der Waals surface area contributed by atoms with E-state index >= 15 is 0 Å². The van der Waals surface area contributed by atoms with Gasteiger partial charge >= 0.3 is 0 Å². The Kier molecular flexibility index (Phi) is 5.94. The average Bonchev–Trinajstić information content (AvgIpc) is 2.64. The van der Waals surface area contributed by atoms with Gasteiger partial charge in [-0.1, -0.05) is 6.92 Å². The minimum Gasteiger partial charge on any atom is -0.339 e. The van der Waals surface area contributed by atoms with E-state index in [-0.39, 0.29) is 23.9 Å². The van der Waals surface area contributed by atoms with Crippen LogP contribution in [-0.4, -0.2) is 74.2 Å². The molecule has 6 nitrogen and oxygen atoms in total. The second-order valence-corrected chi connectivity index (χ2v) is 9.14. The first-order valence-electron chi connectivity index (χ1n) is 9.12. The summed E-state index contributed by atoms with van der Waals surface area (Å²) in [5.41, 5.74) is 0. The Morgan fingerprint density at radius 2 is 1.62 bits per heavy atom. The summed E-state index contributed by atoms with van der Waals surface area (Å²) < 4.78 is 39.6. The predicted molar refractivity (Wildman–Crippen MR) is 96.6 cm³/mol. The normalized spacial score (nSPS) is 21.1. The zero-order valence-electron chi connectivity index (χ0n) is 15.1. The third-order valence-electron chi connectivity index (χ3n) is 5.28. The maximum Gasteiger partial charge on any atom is 0.243 e. The van der Waals surface area contributed by atoms with Crippen LogP contribution >= 0.6 is 0 Å². The highest BCUT2D eigenvalue weighted by Crippen LogP contribution is 2.19. The van der Waals surface area contributed by atoms with Crippen molar-refractivity contribution < 1.29 is 17.6 Å². The Hall–Kier alpha value is -1.51. The number of benzene rings is 1. The lowest BCUT2D eigenvalue weighted by atomic mass is 9.99. The first-order valence-corrected chi connectivity index (χ1v) is 10.6. The number of likely N-dealkylation sites (tertiary alicyclic amines) is 1. The van der Waals surface area contributed by atoms with Gasteiger partial charge in [-0.05, 0) is 56.1 Å². The van der Waals surface area contributed by atoms with Gasteiger partial charge in [0.2, 0.25) is 15.9 Å². The fraction of sp³-hybridized carbons (Fsp3) is 0.611. The van der Waals surface area contributed by atoms with Crippen LogP contribution in [0.2, 0.25) is 0 Å². The van der Waals surface area contributed by atoms with Crippen molar-refractivity contribution >= 4 is 15.9 Å². The molecule has 0 radical (unpaired) electrons. The number of hydrogen-bond acceptors (Lipinski definition) is 4. The average molecular weight is 383 g/mol. The van der Waals surface area contributed by atoms with E-state index < -0.39 is 15.8 Å². The molecule has 26 heavy (non-hydrogen) atoms. The fourth-order valence-electron chi connectivity index (χ4n) is 3.44. The van der Waals surface area contributed by atoms with Gasteiger partial charge in [0.15, 0.2) is 0 Å². The minimum atomic E-state index is -3.64. The molecule has 2 heterocycles. The lowest BCUT2D eigenvalue weighted by molar-refractivity contribution is -0.133. The molecule has 0 N–H and O–H groups in total. The number of piperidine rings is 1. The largest absolute Gasteiger partial charge is 0.339 e. The Balaban J connectivity index is 1.53. The Labute approximate surface area is 154 Å². The van der Waals surface area contributed by atoms with Gasteiger partial charge in [-0.25, -0.2) is 12.8 Å².